The number of benzene rings is 1. The standard InChI is InChI=1S/C13H10ClN5/c14-13-17-7-9(15)12(19-13)18-10-5-1-3-8-4-2-6-16-11(8)10/h1-7H,15H2,(H,17,18,19). The number of nitrogens with zero attached hydrogens (tertiary/aromatic N) is 3. The second kappa shape index (κ2) is 4.70. The molecule has 0 aliphatic heterocycles. The molecule has 0 bridgehead atoms. The van der Waals surface area contributed by atoms with Crippen LogP contribution in [0.5, 0.6) is 0 Å². The molecular formula is C13H10ClN5. The smallest absolute Gasteiger partial charge is 0.224 e. The van der Waals surface area contributed by atoms with Crippen LogP contribution < -0.4 is 11.1 Å². The summed E-state index contributed by atoms with van der Waals surface area (Å²) < 4.78 is 0. The molecule has 2 heterocycles. The molecule has 0 atom stereocenters. The summed E-state index contributed by atoms with van der Waals surface area (Å²) in [6.45, 7) is 0. The number of para-hydroxylation sites is 1. The SMILES string of the molecule is Nc1cnc(Cl)nc1Nc1cccc2cccnc12. The van der Waals surface area contributed by atoms with Crippen molar-refractivity contribution in [1.29, 1.82) is 0 Å². The van der Waals surface area contributed by atoms with Crippen molar-refractivity contribution >= 4 is 39.7 Å². The van der Waals surface area contributed by atoms with Crippen LogP contribution in [0.4, 0.5) is 17.2 Å². The van der Waals surface area contributed by atoms with Crippen LogP contribution in [0.15, 0.2) is 42.7 Å². The number of fused-ring (bicyclic) bond motifs is 1. The van der Waals surface area contributed by atoms with Crippen LogP contribution in [0.2, 0.25) is 5.28 Å². The fourth-order valence-corrected chi connectivity index (χ4v) is 1.94. The van der Waals surface area contributed by atoms with Crippen LogP contribution in [0.1, 0.15) is 0 Å². The average Bonchev–Trinajstić information content (AvgIpc) is 2.43. The third-order valence-corrected chi connectivity index (χ3v) is 2.86. The molecule has 0 unspecified atom stereocenters. The van der Waals surface area contributed by atoms with Crippen LogP contribution in [0.3, 0.4) is 0 Å². The summed E-state index contributed by atoms with van der Waals surface area (Å²) >= 11 is 5.77. The molecule has 0 aliphatic rings. The summed E-state index contributed by atoms with van der Waals surface area (Å²) in [6.07, 6.45) is 3.21. The van der Waals surface area contributed by atoms with Gasteiger partial charge in [-0.1, -0.05) is 18.2 Å². The van der Waals surface area contributed by atoms with Crippen LogP contribution in [0.25, 0.3) is 10.9 Å². The number of nitrogen functional groups attached to an aromatic ring is 1. The maximum absolute atomic E-state index is 5.81. The number of nitrogens with two attached hydrogens (primary N) is 1. The number of anilines is 3. The third kappa shape index (κ3) is 2.28. The van der Waals surface area contributed by atoms with E-state index in [4.69, 9.17) is 17.3 Å². The molecule has 0 aliphatic carbocycles. The minimum Gasteiger partial charge on any atom is -0.394 e. The Morgan fingerprint density at radius 1 is 1.11 bits per heavy atom. The zero-order valence-electron chi connectivity index (χ0n) is 9.84. The Morgan fingerprint density at radius 2 is 1.95 bits per heavy atom. The number of hydrogen-bond donors (Lipinski definition) is 2. The largest absolute Gasteiger partial charge is 0.394 e. The lowest BCUT2D eigenvalue weighted by atomic mass is 10.2. The van der Waals surface area contributed by atoms with Gasteiger partial charge in [-0.2, -0.15) is 4.98 Å². The lowest BCUT2D eigenvalue weighted by Gasteiger charge is -2.10. The van der Waals surface area contributed by atoms with Crippen molar-refractivity contribution in [2.24, 2.45) is 0 Å². The molecule has 3 aromatic rings. The molecule has 94 valence electrons. The number of halogens is 1. The average molecular weight is 272 g/mol. The Kier molecular flexibility index (Phi) is 2.89. The van der Waals surface area contributed by atoms with Gasteiger partial charge in [0.25, 0.3) is 0 Å². The van der Waals surface area contributed by atoms with Crippen molar-refractivity contribution in [2.45, 2.75) is 0 Å². The quantitative estimate of drug-likeness (QED) is 0.701. The maximum atomic E-state index is 5.81. The van der Waals surface area contributed by atoms with Gasteiger partial charge < -0.3 is 11.1 Å². The molecule has 0 fully saturated rings. The second-order valence-electron chi connectivity index (χ2n) is 3.95. The van der Waals surface area contributed by atoms with E-state index in [0.29, 0.717) is 11.5 Å². The first-order valence-electron chi connectivity index (χ1n) is 5.63. The molecular weight excluding hydrogens is 262 g/mol. The Balaban J connectivity index is 2.08. The molecule has 0 spiro atoms. The summed E-state index contributed by atoms with van der Waals surface area (Å²) in [5.74, 6) is 0.471. The predicted molar refractivity (Wildman–Crippen MR) is 76.5 cm³/mol. The van der Waals surface area contributed by atoms with Crippen LogP contribution in [0, 0.1) is 0 Å². The second-order valence-corrected chi connectivity index (χ2v) is 4.29. The van der Waals surface area contributed by atoms with Gasteiger partial charge in [0, 0.05) is 11.6 Å². The fourth-order valence-electron chi connectivity index (χ4n) is 1.80. The molecule has 3 rings (SSSR count). The van der Waals surface area contributed by atoms with E-state index in [1.54, 1.807) is 6.20 Å². The number of aromatic nitrogens is 3. The monoisotopic (exact) mass is 271 g/mol. The number of nitrogens with one attached hydrogen (secondary N) is 1. The minimum atomic E-state index is 0.143. The topological polar surface area (TPSA) is 76.7 Å². The molecule has 6 heteroatoms. The molecule has 0 saturated heterocycles. The van der Waals surface area contributed by atoms with E-state index in [0.717, 1.165) is 16.6 Å². The van der Waals surface area contributed by atoms with Crippen molar-refractivity contribution in [3.05, 3.63) is 48.0 Å². The fraction of sp³-hybridized carbons (Fsp3) is 0. The van der Waals surface area contributed by atoms with Crippen LogP contribution in [-0.4, -0.2) is 15.0 Å². The predicted octanol–water partition coefficient (Wildman–Crippen LogP) is 3.00. The van der Waals surface area contributed by atoms with Gasteiger partial charge in [-0.3, -0.25) is 4.98 Å². The van der Waals surface area contributed by atoms with Crippen LogP contribution in [-0.2, 0) is 0 Å². The summed E-state index contributed by atoms with van der Waals surface area (Å²) in [7, 11) is 0. The van der Waals surface area contributed by atoms with E-state index in [1.165, 1.54) is 6.20 Å². The molecule has 2 aromatic heterocycles. The lowest BCUT2D eigenvalue weighted by molar-refractivity contribution is 1.17. The maximum Gasteiger partial charge on any atom is 0.224 e. The summed E-state index contributed by atoms with van der Waals surface area (Å²) in [5, 5.41) is 4.31. The Morgan fingerprint density at radius 3 is 2.84 bits per heavy atom. The Bertz CT molecular complexity index is 739. The lowest BCUT2D eigenvalue weighted by Crippen LogP contribution is -2.01. The minimum absolute atomic E-state index is 0.143. The summed E-state index contributed by atoms with van der Waals surface area (Å²) in [4.78, 5) is 12.2. The highest BCUT2D eigenvalue weighted by atomic mass is 35.5. The van der Waals surface area contributed by atoms with Gasteiger partial charge in [-0.15, -0.1) is 0 Å². The van der Waals surface area contributed by atoms with Gasteiger partial charge in [0.2, 0.25) is 5.28 Å². The highest BCUT2D eigenvalue weighted by molar-refractivity contribution is 6.28. The van der Waals surface area contributed by atoms with E-state index in [-0.39, 0.29) is 5.28 Å². The zero-order valence-corrected chi connectivity index (χ0v) is 10.6. The molecule has 0 amide bonds. The van der Waals surface area contributed by atoms with Gasteiger partial charge >= 0.3 is 0 Å². The Labute approximate surface area is 114 Å². The highest BCUT2D eigenvalue weighted by Gasteiger charge is 2.06. The normalized spacial score (nSPS) is 10.6. The van der Waals surface area contributed by atoms with Gasteiger partial charge in [0.05, 0.1) is 23.1 Å². The van der Waals surface area contributed by atoms with Crippen molar-refractivity contribution in [2.75, 3.05) is 11.1 Å². The van der Waals surface area contributed by atoms with Crippen LogP contribution >= 0.6 is 11.6 Å². The molecule has 1 aromatic carbocycles. The molecule has 19 heavy (non-hydrogen) atoms. The molecule has 5 nitrogen and oxygen atoms in total. The molecule has 3 N–H and O–H groups in total. The van der Waals surface area contributed by atoms with Gasteiger partial charge in [-0.25, -0.2) is 4.98 Å². The van der Waals surface area contributed by atoms with E-state index in [1.807, 2.05) is 30.3 Å². The molecule has 0 saturated carbocycles. The highest BCUT2D eigenvalue weighted by Crippen LogP contribution is 2.26. The first-order chi connectivity index (χ1) is 9.24. The van der Waals surface area contributed by atoms with Gasteiger partial charge in [0.15, 0.2) is 5.82 Å². The first kappa shape index (κ1) is 11.7. The van der Waals surface area contributed by atoms with Gasteiger partial charge in [-0.05, 0) is 23.7 Å². The summed E-state index contributed by atoms with van der Waals surface area (Å²) in [5.41, 5.74) is 7.91. The number of pyridine rings is 1. The molecule has 0 radical (unpaired) electrons. The van der Waals surface area contributed by atoms with Crippen molar-refractivity contribution < 1.29 is 0 Å². The van der Waals surface area contributed by atoms with Gasteiger partial charge in [0.1, 0.15) is 0 Å². The van der Waals surface area contributed by atoms with Crippen molar-refractivity contribution in [3.63, 3.8) is 0 Å². The van der Waals surface area contributed by atoms with E-state index >= 15 is 0 Å². The third-order valence-electron chi connectivity index (χ3n) is 2.67. The number of rotatable bonds is 2. The zero-order chi connectivity index (χ0) is 13.2. The van der Waals surface area contributed by atoms with Crippen molar-refractivity contribution in [3.8, 4) is 0 Å². The first-order valence-corrected chi connectivity index (χ1v) is 6.00. The summed E-state index contributed by atoms with van der Waals surface area (Å²) in [6, 6.07) is 9.71. The number of hydrogen-bond acceptors (Lipinski definition) is 5. The van der Waals surface area contributed by atoms with E-state index < -0.39 is 0 Å². The van der Waals surface area contributed by atoms with Crippen molar-refractivity contribution in [1.82, 2.24) is 15.0 Å². The Hall–Kier alpha value is -2.40. The van der Waals surface area contributed by atoms with E-state index in [2.05, 4.69) is 20.3 Å². The van der Waals surface area contributed by atoms with E-state index in [9.17, 15) is 0 Å².